The third kappa shape index (κ3) is 3.13. The molecule has 26 heavy (non-hydrogen) atoms. The highest BCUT2D eigenvalue weighted by Crippen LogP contribution is 2.24. The highest BCUT2D eigenvalue weighted by atomic mass is 32.2. The largest absolute Gasteiger partial charge is 0.273 e. The predicted molar refractivity (Wildman–Crippen MR) is 92.9 cm³/mol. The fourth-order valence-corrected chi connectivity index (χ4v) is 3.86. The van der Waals surface area contributed by atoms with E-state index < -0.39 is 27.7 Å². The van der Waals surface area contributed by atoms with Crippen LogP contribution >= 0.6 is 0 Å². The molecule has 6 nitrogen and oxygen atoms in total. The molecule has 0 bridgehead atoms. The highest BCUT2D eigenvalue weighted by molar-refractivity contribution is 7.89. The molecule has 0 aromatic heterocycles. The maximum Gasteiger partial charge on any atom is 0.264 e. The van der Waals surface area contributed by atoms with Crippen LogP contribution in [0, 0.1) is 19.7 Å². The Kier molecular flexibility index (Phi) is 4.64. The van der Waals surface area contributed by atoms with Crippen molar-refractivity contribution in [2.24, 2.45) is 0 Å². The van der Waals surface area contributed by atoms with Crippen molar-refractivity contribution >= 4 is 21.8 Å². The van der Waals surface area contributed by atoms with Gasteiger partial charge < -0.3 is 0 Å². The average molecular weight is 376 g/mol. The van der Waals surface area contributed by atoms with Gasteiger partial charge >= 0.3 is 0 Å². The molecule has 0 aliphatic carbocycles. The minimum absolute atomic E-state index is 0.00739. The number of carbonyl (C=O) groups is 2. The van der Waals surface area contributed by atoms with Crippen LogP contribution in [0.25, 0.3) is 0 Å². The number of aryl methyl sites for hydroxylation is 2. The van der Waals surface area contributed by atoms with Crippen LogP contribution in [0.4, 0.5) is 4.39 Å². The van der Waals surface area contributed by atoms with Crippen molar-refractivity contribution in [2.75, 3.05) is 13.1 Å². The summed E-state index contributed by atoms with van der Waals surface area (Å²) in [5.74, 6) is -2.15. The average Bonchev–Trinajstić information content (AvgIpc) is 2.83. The molecule has 0 atom stereocenters. The SMILES string of the molecule is Cc1ccc(S(=O)(=O)NCCN2C(=O)c3cccc(F)c3C2=O)cc1C. The maximum absolute atomic E-state index is 13.8. The standard InChI is InChI=1S/C18H17FN2O4S/c1-11-6-7-13(10-12(11)2)26(24,25)20-8-9-21-17(22)14-4-3-5-15(19)16(14)18(21)23/h3-7,10,20H,8-9H2,1-2H3. The van der Waals surface area contributed by atoms with Crippen LogP contribution in [0.2, 0.25) is 0 Å². The van der Waals surface area contributed by atoms with Gasteiger partial charge in [-0.2, -0.15) is 0 Å². The molecular weight excluding hydrogens is 359 g/mol. The van der Waals surface area contributed by atoms with E-state index in [2.05, 4.69) is 4.72 Å². The molecule has 2 aromatic rings. The number of carbonyl (C=O) groups excluding carboxylic acids is 2. The first kappa shape index (κ1) is 18.2. The van der Waals surface area contributed by atoms with Crippen molar-refractivity contribution in [3.05, 3.63) is 64.5 Å². The van der Waals surface area contributed by atoms with E-state index in [0.717, 1.165) is 22.1 Å². The third-order valence-corrected chi connectivity index (χ3v) is 5.82. The third-order valence-electron chi connectivity index (χ3n) is 4.36. The molecule has 1 heterocycles. The van der Waals surface area contributed by atoms with E-state index in [1.807, 2.05) is 13.8 Å². The van der Waals surface area contributed by atoms with E-state index in [0.29, 0.717) is 0 Å². The number of imide groups is 1. The molecule has 0 saturated heterocycles. The summed E-state index contributed by atoms with van der Waals surface area (Å²) in [5.41, 5.74) is 1.53. The van der Waals surface area contributed by atoms with Gasteiger partial charge in [0, 0.05) is 13.1 Å². The van der Waals surface area contributed by atoms with Crippen molar-refractivity contribution in [3.8, 4) is 0 Å². The summed E-state index contributed by atoms with van der Waals surface area (Å²) < 4.78 is 40.8. The first-order valence-corrected chi connectivity index (χ1v) is 9.42. The fraction of sp³-hybridized carbons (Fsp3) is 0.222. The number of rotatable bonds is 5. The van der Waals surface area contributed by atoms with Gasteiger partial charge in [-0.3, -0.25) is 14.5 Å². The summed E-state index contributed by atoms with van der Waals surface area (Å²) in [6, 6.07) is 8.58. The second-order valence-corrected chi connectivity index (χ2v) is 7.84. The molecule has 3 rings (SSSR count). The molecule has 0 saturated carbocycles. The quantitative estimate of drug-likeness (QED) is 0.810. The lowest BCUT2D eigenvalue weighted by Gasteiger charge is -2.14. The van der Waals surface area contributed by atoms with E-state index in [4.69, 9.17) is 0 Å². The summed E-state index contributed by atoms with van der Waals surface area (Å²) in [5, 5.41) is 0. The molecule has 0 unspecified atom stereocenters. The maximum atomic E-state index is 13.8. The zero-order valence-electron chi connectivity index (χ0n) is 14.2. The van der Waals surface area contributed by atoms with E-state index in [1.54, 1.807) is 12.1 Å². The van der Waals surface area contributed by atoms with Crippen LogP contribution in [0.5, 0.6) is 0 Å². The van der Waals surface area contributed by atoms with Gasteiger partial charge in [-0.25, -0.2) is 17.5 Å². The van der Waals surface area contributed by atoms with E-state index in [1.165, 1.54) is 18.2 Å². The van der Waals surface area contributed by atoms with Crippen molar-refractivity contribution in [1.29, 1.82) is 0 Å². The molecule has 1 N–H and O–H groups in total. The van der Waals surface area contributed by atoms with Crippen molar-refractivity contribution < 1.29 is 22.4 Å². The van der Waals surface area contributed by atoms with Gasteiger partial charge in [-0.15, -0.1) is 0 Å². The number of amides is 2. The molecule has 1 aliphatic rings. The number of nitrogens with one attached hydrogen (secondary N) is 1. The van der Waals surface area contributed by atoms with E-state index >= 15 is 0 Å². The van der Waals surface area contributed by atoms with Gasteiger partial charge in [0.25, 0.3) is 11.8 Å². The van der Waals surface area contributed by atoms with Gasteiger partial charge in [-0.1, -0.05) is 12.1 Å². The van der Waals surface area contributed by atoms with Crippen molar-refractivity contribution in [2.45, 2.75) is 18.7 Å². The molecule has 1 aliphatic heterocycles. The Morgan fingerprint density at radius 1 is 1.04 bits per heavy atom. The fourth-order valence-electron chi connectivity index (χ4n) is 2.75. The lowest BCUT2D eigenvalue weighted by molar-refractivity contribution is 0.0656. The van der Waals surface area contributed by atoms with Crippen molar-refractivity contribution in [1.82, 2.24) is 9.62 Å². The van der Waals surface area contributed by atoms with Gasteiger partial charge in [0.2, 0.25) is 10.0 Å². The van der Waals surface area contributed by atoms with E-state index in [-0.39, 0.29) is 29.1 Å². The molecule has 0 radical (unpaired) electrons. The second kappa shape index (κ2) is 6.62. The van der Waals surface area contributed by atoms with Crippen molar-refractivity contribution in [3.63, 3.8) is 0 Å². The Labute approximate surface area is 150 Å². The zero-order chi connectivity index (χ0) is 19.1. The van der Waals surface area contributed by atoms with Crippen LogP contribution < -0.4 is 4.72 Å². The number of sulfonamides is 1. The monoisotopic (exact) mass is 376 g/mol. The molecule has 0 spiro atoms. The Hall–Kier alpha value is -2.58. The zero-order valence-corrected chi connectivity index (χ0v) is 15.1. The summed E-state index contributed by atoms with van der Waals surface area (Å²) in [4.78, 5) is 25.4. The topological polar surface area (TPSA) is 83.6 Å². The Morgan fingerprint density at radius 2 is 1.77 bits per heavy atom. The Morgan fingerprint density at radius 3 is 2.42 bits per heavy atom. The Balaban J connectivity index is 1.70. The van der Waals surface area contributed by atoms with Gasteiger partial charge in [-0.05, 0) is 49.2 Å². The van der Waals surface area contributed by atoms with Gasteiger partial charge in [0.05, 0.1) is 16.0 Å². The summed E-state index contributed by atoms with van der Waals surface area (Å²) in [6.07, 6.45) is 0. The molecule has 8 heteroatoms. The van der Waals surface area contributed by atoms with E-state index in [9.17, 15) is 22.4 Å². The molecule has 0 fully saturated rings. The van der Waals surface area contributed by atoms with Crippen LogP contribution in [0.15, 0.2) is 41.3 Å². The number of fused-ring (bicyclic) bond motifs is 1. The molecule has 2 amide bonds. The van der Waals surface area contributed by atoms with Crippen LogP contribution in [-0.4, -0.2) is 38.2 Å². The minimum atomic E-state index is -3.78. The van der Waals surface area contributed by atoms with Gasteiger partial charge in [0.1, 0.15) is 5.82 Å². The molecule has 2 aromatic carbocycles. The predicted octanol–water partition coefficient (Wildman–Crippen LogP) is 2.02. The second-order valence-electron chi connectivity index (χ2n) is 6.07. The van der Waals surface area contributed by atoms with Crippen LogP contribution in [0.3, 0.4) is 0 Å². The first-order chi connectivity index (χ1) is 12.2. The lowest BCUT2D eigenvalue weighted by atomic mass is 10.1. The summed E-state index contributed by atoms with van der Waals surface area (Å²) in [7, 11) is -3.78. The number of benzene rings is 2. The lowest BCUT2D eigenvalue weighted by Crippen LogP contribution is -2.38. The normalized spacial score (nSPS) is 14.0. The summed E-state index contributed by atoms with van der Waals surface area (Å²) >= 11 is 0. The number of halogens is 1. The minimum Gasteiger partial charge on any atom is -0.273 e. The molecule has 136 valence electrons. The molecular formula is C18H17FN2O4S. The number of hydrogen-bond acceptors (Lipinski definition) is 4. The highest BCUT2D eigenvalue weighted by Gasteiger charge is 2.37. The summed E-state index contributed by atoms with van der Waals surface area (Å²) in [6.45, 7) is 3.33. The van der Waals surface area contributed by atoms with Crippen LogP contribution in [0.1, 0.15) is 31.8 Å². The number of hydrogen-bond donors (Lipinski definition) is 1. The Bertz CT molecular complexity index is 1020. The van der Waals surface area contributed by atoms with Crippen LogP contribution in [-0.2, 0) is 10.0 Å². The smallest absolute Gasteiger partial charge is 0.264 e. The van der Waals surface area contributed by atoms with Gasteiger partial charge in [0.15, 0.2) is 0 Å². The number of nitrogens with zero attached hydrogens (tertiary/aromatic N) is 1. The first-order valence-electron chi connectivity index (χ1n) is 7.94.